The zero-order valence-electron chi connectivity index (χ0n) is 7.21. The molecule has 0 aromatic rings. The first-order valence-corrected chi connectivity index (χ1v) is 3.88. The van der Waals surface area contributed by atoms with Crippen molar-refractivity contribution in [2.24, 2.45) is 0 Å². The van der Waals surface area contributed by atoms with Crippen LogP contribution in [0.3, 0.4) is 0 Å². The van der Waals surface area contributed by atoms with Crippen molar-refractivity contribution in [2.45, 2.75) is 6.42 Å². The molecule has 0 unspecified atom stereocenters. The number of carbonyl (C=O) groups excluding carboxylic acids is 1. The van der Waals surface area contributed by atoms with E-state index in [1.54, 1.807) is 4.90 Å². The molecule has 1 aliphatic heterocycles. The first kappa shape index (κ1) is 11.5. The number of methoxy groups -OCH3 is 1. The minimum Gasteiger partial charge on any atom is -0.453 e. The van der Waals surface area contributed by atoms with Crippen LogP contribution < -0.4 is 5.32 Å². The van der Waals surface area contributed by atoms with Crippen LogP contribution in [0.5, 0.6) is 0 Å². The Morgan fingerprint density at radius 1 is 1.42 bits per heavy atom. The predicted octanol–water partition coefficient (Wildman–Crippen LogP) is 0.470. The van der Waals surface area contributed by atoms with Gasteiger partial charge in [0.05, 0.1) is 7.11 Å². The van der Waals surface area contributed by atoms with Gasteiger partial charge in [-0.15, -0.1) is 12.4 Å². The number of nitrogens with one attached hydrogen (secondary N) is 1. The average Bonchev–Trinajstić information content (AvgIpc) is 2.30. The number of amides is 1. The highest BCUT2D eigenvalue weighted by Crippen LogP contribution is 1.96. The highest BCUT2D eigenvalue weighted by Gasteiger charge is 2.14. The second-order valence-corrected chi connectivity index (χ2v) is 2.56. The van der Waals surface area contributed by atoms with Crippen molar-refractivity contribution < 1.29 is 9.53 Å². The van der Waals surface area contributed by atoms with Crippen LogP contribution in [-0.4, -0.2) is 44.3 Å². The third kappa shape index (κ3) is 3.28. The average molecular weight is 195 g/mol. The summed E-state index contributed by atoms with van der Waals surface area (Å²) in [5.74, 6) is 0. The Kier molecular flexibility index (Phi) is 5.84. The SMILES string of the molecule is COC(=O)N1CCCNCC1.Cl. The van der Waals surface area contributed by atoms with Crippen LogP contribution in [0.15, 0.2) is 0 Å². The maximum absolute atomic E-state index is 11.0. The second kappa shape index (κ2) is 6.08. The highest BCUT2D eigenvalue weighted by atomic mass is 35.5. The normalized spacial score (nSPS) is 17.6. The molecule has 0 aromatic carbocycles. The van der Waals surface area contributed by atoms with Gasteiger partial charge in [-0.25, -0.2) is 4.79 Å². The predicted molar refractivity (Wildman–Crippen MR) is 48.7 cm³/mol. The molecule has 4 nitrogen and oxygen atoms in total. The minimum absolute atomic E-state index is 0. The molecule has 1 amide bonds. The van der Waals surface area contributed by atoms with Gasteiger partial charge in [0, 0.05) is 19.6 Å². The summed E-state index contributed by atoms with van der Waals surface area (Å²) in [5, 5.41) is 3.21. The molecule has 1 saturated heterocycles. The smallest absolute Gasteiger partial charge is 0.409 e. The maximum atomic E-state index is 11.0. The van der Waals surface area contributed by atoms with E-state index in [1.807, 2.05) is 0 Å². The van der Waals surface area contributed by atoms with Crippen LogP contribution in [-0.2, 0) is 4.74 Å². The molecule has 1 fully saturated rings. The number of hydrogen-bond acceptors (Lipinski definition) is 3. The monoisotopic (exact) mass is 194 g/mol. The fourth-order valence-corrected chi connectivity index (χ4v) is 1.16. The lowest BCUT2D eigenvalue weighted by molar-refractivity contribution is 0.126. The number of halogens is 1. The molecule has 0 saturated carbocycles. The van der Waals surface area contributed by atoms with Crippen LogP contribution in [0.1, 0.15) is 6.42 Å². The van der Waals surface area contributed by atoms with Gasteiger partial charge < -0.3 is 15.0 Å². The van der Waals surface area contributed by atoms with Crippen molar-refractivity contribution >= 4 is 18.5 Å². The topological polar surface area (TPSA) is 41.6 Å². The van der Waals surface area contributed by atoms with E-state index in [-0.39, 0.29) is 18.5 Å². The van der Waals surface area contributed by atoms with Crippen LogP contribution in [0.25, 0.3) is 0 Å². The van der Waals surface area contributed by atoms with E-state index in [2.05, 4.69) is 10.1 Å². The molecule has 0 spiro atoms. The van der Waals surface area contributed by atoms with Gasteiger partial charge in [-0.1, -0.05) is 0 Å². The summed E-state index contributed by atoms with van der Waals surface area (Å²) in [6, 6.07) is 0. The molecular weight excluding hydrogens is 180 g/mol. The zero-order chi connectivity index (χ0) is 8.10. The molecule has 1 aliphatic rings. The van der Waals surface area contributed by atoms with E-state index in [0.29, 0.717) is 0 Å². The Hall–Kier alpha value is -0.480. The summed E-state index contributed by atoms with van der Waals surface area (Å²) in [6.07, 6.45) is 0.795. The lowest BCUT2D eigenvalue weighted by Crippen LogP contribution is -2.33. The van der Waals surface area contributed by atoms with Crippen LogP contribution in [0.4, 0.5) is 4.79 Å². The molecule has 1 rings (SSSR count). The number of carbonyl (C=O) groups is 1. The molecule has 12 heavy (non-hydrogen) atoms. The molecule has 0 aliphatic carbocycles. The van der Waals surface area contributed by atoms with Gasteiger partial charge in [-0.05, 0) is 13.0 Å². The Morgan fingerprint density at radius 3 is 2.83 bits per heavy atom. The van der Waals surface area contributed by atoms with Gasteiger partial charge in [-0.3, -0.25) is 0 Å². The van der Waals surface area contributed by atoms with E-state index < -0.39 is 0 Å². The number of ether oxygens (including phenoxy) is 1. The molecule has 0 radical (unpaired) electrons. The highest BCUT2D eigenvalue weighted by molar-refractivity contribution is 5.85. The van der Waals surface area contributed by atoms with E-state index >= 15 is 0 Å². The molecule has 0 atom stereocenters. The molecule has 72 valence electrons. The van der Waals surface area contributed by atoms with E-state index in [1.165, 1.54) is 7.11 Å². The van der Waals surface area contributed by atoms with Crippen molar-refractivity contribution in [1.29, 1.82) is 0 Å². The Bertz CT molecular complexity index is 135. The van der Waals surface area contributed by atoms with Crippen molar-refractivity contribution in [3.05, 3.63) is 0 Å². The lowest BCUT2D eigenvalue weighted by Gasteiger charge is -2.17. The number of hydrogen-bond donors (Lipinski definition) is 1. The van der Waals surface area contributed by atoms with Crippen molar-refractivity contribution in [3.63, 3.8) is 0 Å². The summed E-state index contributed by atoms with van der Waals surface area (Å²) in [4.78, 5) is 12.7. The summed E-state index contributed by atoms with van der Waals surface area (Å²) in [7, 11) is 1.42. The molecule has 1 heterocycles. The van der Waals surface area contributed by atoms with Gasteiger partial charge in [0.25, 0.3) is 0 Å². The van der Waals surface area contributed by atoms with E-state index in [0.717, 1.165) is 32.6 Å². The first-order valence-electron chi connectivity index (χ1n) is 3.88. The Morgan fingerprint density at radius 2 is 2.17 bits per heavy atom. The van der Waals surface area contributed by atoms with E-state index in [4.69, 9.17) is 0 Å². The van der Waals surface area contributed by atoms with Crippen LogP contribution >= 0.6 is 12.4 Å². The van der Waals surface area contributed by atoms with Gasteiger partial charge in [0.2, 0.25) is 0 Å². The zero-order valence-corrected chi connectivity index (χ0v) is 8.02. The van der Waals surface area contributed by atoms with Crippen LogP contribution in [0, 0.1) is 0 Å². The number of rotatable bonds is 0. The summed E-state index contributed by atoms with van der Waals surface area (Å²) >= 11 is 0. The third-order valence-corrected chi connectivity index (χ3v) is 1.77. The quantitative estimate of drug-likeness (QED) is 0.610. The molecule has 0 bridgehead atoms. The maximum Gasteiger partial charge on any atom is 0.409 e. The summed E-state index contributed by atoms with van der Waals surface area (Å²) < 4.78 is 4.60. The lowest BCUT2D eigenvalue weighted by atomic mass is 10.4. The van der Waals surface area contributed by atoms with Gasteiger partial charge in [-0.2, -0.15) is 0 Å². The Labute approximate surface area is 78.7 Å². The second-order valence-electron chi connectivity index (χ2n) is 2.56. The Balaban J connectivity index is 0.00000121. The van der Waals surface area contributed by atoms with Gasteiger partial charge in [0.1, 0.15) is 0 Å². The van der Waals surface area contributed by atoms with Crippen molar-refractivity contribution in [2.75, 3.05) is 33.3 Å². The molecule has 5 heteroatoms. The van der Waals surface area contributed by atoms with E-state index in [9.17, 15) is 4.79 Å². The van der Waals surface area contributed by atoms with Gasteiger partial charge in [0.15, 0.2) is 0 Å². The number of nitrogens with zero attached hydrogens (tertiary/aromatic N) is 1. The summed E-state index contributed by atoms with van der Waals surface area (Å²) in [5.41, 5.74) is 0. The van der Waals surface area contributed by atoms with Crippen LogP contribution in [0.2, 0.25) is 0 Å². The third-order valence-electron chi connectivity index (χ3n) is 1.77. The first-order chi connectivity index (χ1) is 5.34. The van der Waals surface area contributed by atoms with Crippen molar-refractivity contribution in [1.82, 2.24) is 10.2 Å². The molecule has 0 aromatic heterocycles. The van der Waals surface area contributed by atoms with Gasteiger partial charge >= 0.3 is 6.09 Å². The minimum atomic E-state index is -0.214. The standard InChI is InChI=1S/C7H14N2O2.ClH/c1-11-7(10)9-5-2-3-8-4-6-9;/h8H,2-6H2,1H3;1H. The fraction of sp³-hybridized carbons (Fsp3) is 0.857. The van der Waals surface area contributed by atoms with Crippen molar-refractivity contribution in [3.8, 4) is 0 Å². The molecular formula is C7H15ClN2O2. The largest absolute Gasteiger partial charge is 0.453 e. The summed E-state index contributed by atoms with van der Waals surface area (Å²) in [6.45, 7) is 3.43. The fourth-order valence-electron chi connectivity index (χ4n) is 1.16. The molecule has 1 N–H and O–H groups in total.